The van der Waals surface area contributed by atoms with Crippen LogP contribution in [0.5, 0.6) is 0 Å². The predicted molar refractivity (Wildman–Crippen MR) is 85.6 cm³/mol. The van der Waals surface area contributed by atoms with E-state index in [4.69, 9.17) is 0 Å². The van der Waals surface area contributed by atoms with E-state index >= 15 is 0 Å². The van der Waals surface area contributed by atoms with Crippen molar-refractivity contribution in [1.29, 1.82) is 0 Å². The molecule has 0 bridgehead atoms. The van der Waals surface area contributed by atoms with Gasteiger partial charge in [-0.1, -0.05) is 6.92 Å². The van der Waals surface area contributed by atoms with E-state index in [2.05, 4.69) is 11.9 Å². The normalized spacial score (nSPS) is 14.2. The van der Waals surface area contributed by atoms with Gasteiger partial charge in [0.25, 0.3) is 5.56 Å². The molecule has 0 unspecified atom stereocenters. The summed E-state index contributed by atoms with van der Waals surface area (Å²) in [7, 11) is 0. The Morgan fingerprint density at radius 2 is 2.23 bits per heavy atom. The summed E-state index contributed by atoms with van der Waals surface area (Å²) in [5, 5.41) is 0.557. The maximum Gasteiger partial charge on any atom is 0.260 e. The molecule has 1 aliphatic rings. The third-order valence-corrected chi connectivity index (χ3v) is 4.07. The van der Waals surface area contributed by atoms with Crippen molar-refractivity contribution in [2.24, 2.45) is 5.92 Å². The molecule has 22 heavy (non-hydrogen) atoms. The van der Waals surface area contributed by atoms with Gasteiger partial charge < -0.3 is 9.47 Å². The molecule has 1 aliphatic carbocycles. The van der Waals surface area contributed by atoms with Crippen LogP contribution >= 0.6 is 0 Å². The number of carbonyl (C=O) groups is 1. The van der Waals surface area contributed by atoms with Crippen LogP contribution in [0.15, 0.2) is 35.4 Å². The van der Waals surface area contributed by atoms with Crippen molar-refractivity contribution in [3.8, 4) is 0 Å². The van der Waals surface area contributed by atoms with E-state index in [9.17, 15) is 9.59 Å². The number of rotatable bonds is 6. The number of aromatic nitrogens is 2. The topological polar surface area (TPSA) is 55.2 Å². The van der Waals surface area contributed by atoms with Crippen molar-refractivity contribution in [1.82, 2.24) is 14.5 Å². The fourth-order valence-electron chi connectivity index (χ4n) is 2.68. The van der Waals surface area contributed by atoms with Gasteiger partial charge in [-0.3, -0.25) is 14.6 Å². The zero-order valence-corrected chi connectivity index (χ0v) is 12.9. The first-order chi connectivity index (χ1) is 10.7. The molecule has 3 rings (SSSR count). The number of nitrogens with zero attached hydrogens (tertiary/aromatic N) is 3. The van der Waals surface area contributed by atoms with Crippen molar-refractivity contribution in [2.75, 3.05) is 13.1 Å². The molecule has 116 valence electrons. The maximum atomic E-state index is 12.5. The molecule has 0 radical (unpaired) electrons. The van der Waals surface area contributed by atoms with Crippen molar-refractivity contribution < 1.29 is 4.79 Å². The number of pyridine rings is 2. The van der Waals surface area contributed by atoms with Crippen LogP contribution in [0.3, 0.4) is 0 Å². The summed E-state index contributed by atoms with van der Waals surface area (Å²) in [4.78, 5) is 31.0. The van der Waals surface area contributed by atoms with Crippen LogP contribution in [0.1, 0.15) is 26.2 Å². The van der Waals surface area contributed by atoms with Gasteiger partial charge in [0.2, 0.25) is 5.91 Å². The maximum absolute atomic E-state index is 12.5. The molecular weight excluding hydrogens is 278 g/mol. The van der Waals surface area contributed by atoms with Gasteiger partial charge in [-0.25, -0.2) is 0 Å². The van der Waals surface area contributed by atoms with Gasteiger partial charge in [0, 0.05) is 25.5 Å². The second-order valence-electron chi connectivity index (χ2n) is 5.97. The van der Waals surface area contributed by atoms with Crippen LogP contribution in [0.4, 0.5) is 0 Å². The molecule has 0 atom stereocenters. The average molecular weight is 299 g/mol. The quantitative estimate of drug-likeness (QED) is 0.820. The van der Waals surface area contributed by atoms with Crippen LogP contribution in [0, 0.1) is 5.92 Å². The van der Waals surface area contributed by atoms with Crippen molar-refractivity contribution >= 4 is 16.8 Å². The van der Waals surface area contributed by atoms with Gasteiger partial charge >= 0.3 is 0 Å². The molecule has 1 amide bonds. The van der Waals surface area contributed by atoms with Gasteiger partial charge in [-0.2, -0.15) is 0 Å². The predicted octanol–water partition coefficient (Wildman–Crippen LogP) is 2.05. The number of hydrogen-bond donors (Lipinski definition) is 0. The average Bonchev–Trinajstić information content (AvgIpc) is 3.34. The Morgan fingerprint density at radius 1 is 1.41 bits per heavy atom. The lowest BCUT2D eigenvalue weighted by Crippen LogP contribution is -2.38. The zero-order chi connectivity index (χ0) is 15.5. The molecule has 2 heterocycles. The van der Waals surface area contributed by atoms with E-state index in [0.29, 0.717) is 16.8 Å². The Kier molecular flexibility index (Phi) is 4.22. The van der Waals surface area contributed by atoms with Gasteiger partial charge in [-0.15, -0.1) is 0 Å². The standard InChI is InChI=1S/C17H21N3O2/c1-2-9-19(11-13-5-6-13)16(21)12-20-10-7-15-14(17(20)22)4-3-8-18-15/h3-4,7-8,10,13H,2,5-6,9,11-12H2,1H3. The monoisotopic (exact) mass is 299 g/mol. The minimum Gasteiger partial charge on any atom is -0.341 e. The molecule has 2 aromatic heterocycles. The second kappa shape index (κ2) is 6.30. The third kappa shape index (κ3) is 3.18. The Hall–Kier alpha value is -2.17. The van der Waals surface area contributed by atoms with Gasteiger partial charge in [-0.05, 0) is 43.4 Å². The second-order valence-corrected chi connectivity index (χ2v) is 5.97. The zero-order valence-electron chi connectivity index (χ0n) is 12.9. The highest BCUT2D eigenvalue weighted by atomic mass is 16.2. The van der Waals surface area contributed by atoms with Crippen LogP contribution in [0.2, 0.25) is 0 Å². The SMILES string of the molecule is CCCN(CC1CC1)C(=O)Cn1ccc2ncccc2c1=O. The summed E-state index contributed by atoms with van der Waals surface area (Å²) in [6, 6.07) is 5.28. The van der Waals surface area contributed by atoms with Gasteiger partial charge in [0.15, 0.2) is 0 Å². The molecule has 1 saturated carbocycles. The highest BCUT2D eigenvalue weighted by molar-refractivity contribution is 5.79. The van der Waals surface area contributed by atoms with E-state index in [0.717, 1.165) is 19.5 Å². The minimum atomic E-state index is -0.151. The first kappa shape index (κ1) is 14.8. The molecule has 0 spiro atoms. The number of fused-ring (bicyclic) bond motifs is 1. The molecule has 0 N–H and O–H groups in total. The lowest BCUT2D eigenvalue weighted by atomic mass is 10.2. The van der Waals surface area contributed by atoms with Crippen molar-refractivity contribution in [2.45, 2.75) is 32.7 Å². The summed E-state index contributed by atoms with van der Waals surface area (Å²) in [5.41, 5.74) is 0.515. The van der Waals surface area contributed by atoms with E-state index in [-0.39, 0.29) is 18.0 Å². The highest BCUT2D eigenvalue weighted by Gasteiger charge is 2.26. The largest absolute Gasteiger partial charge is 0.341 e. The minimum absolute atomic E-state index is 0.0269. The fraction of sp³-hybridized carbons (Fsp3) is 0.471. The molecular formula is C17H21N3O2. The number of carbonyl (C=O) groups excluding carboxylic acids is 1. The molecule has 0 saturated heterocycles. The van der Waals surface area contributed by atoms with Crippen LogP contribution in [0.25, 0.3) is 10.9 Å². The summed E-state index contributed by atoms with van der Waals surface area (Å²) >= 11 is 0. The molecule has 2 aromatic rings. The van der Waals surface area contributed by atoms with E-state index in [1.54, 1.807) is 30.6 Å². The van der Waals surface area contributed by atoms with Gasteiger partial charge in [0.1, 0.15) is 6.54 Å². The molecule has 0 aromatic carbocycles. The lowest BCUT2D eigenvalue weighted by molar-refractivity contribution is -0.132. The van der Waals surface area contributed by atoms with E-state index < -0.39 is 0 Å². The van der Waals surface area contributed by atoms with Crippen molar-refractivity contribution in [3.63, 3.8) is 0 Å². The summed E-state index contributed by atoms with van der Waals surface area (Å²) in [6.07, 6.45) is 6.70. The lowest BCUT2D eigenvalue weighted by Gasteiger charge is -2.22. The third-order valence-electron chi connectivity index (χ3n) is 4.07. The highest BCUT2D eigenvalue weighted by Crippen LogP contribution is 2.29. The number of amides is 1. The fourth-order valence-corrected chi connectivity index (χ4v) is 2.68. The van der Waals surface area contributed by atoms with Crippen LogP contribution in [-0.4, -0.2) is 33.4 Å². The molecule has 0 aliphatic heterocycles. The summed E-state index contributed by atoms with van der Waals surface area (Å²) < 4.78 is 1.49. The molecule has 5 heteroatoms. The Morgan fingerprint density at radius 3 is 2.95 bits per heavy atom. The van der Waals surface area contributed by atoms with E-state index in [1.807, 2.05) is 4.90 Å². The van der Waals surface area contributed by atoms with Crippen LogP contribution < -0.4 is 5.56 Å². The van der Waals surface area contributed by atoms with Crippen LogP contribution in [-0.2, 0) is 11.3 Å². The smallest absolute Gasteiger partial charge is 0.260 e. The molecule has 1 fully saturated rings. The van der Waals surface area contributed by atoms with Crippen molar-refractivity contribution in [3.05, 3.63) is 40.9 Å². The van der Waals surface area contributed by atoms with Gasteiger partial charge in [0.05, 0.1) is 10.9 Å². The molecule has 5 nitrogen and oxygen atoms in total. The Labute approximate surface area is 129 Å². The first-order valence-corrected chi connectivity index (χ1v) is 7.91. The Balaban J connectivity index is 1.80. The first-order valence-electron chi connectivity index (χ1n) is 7.91. The van der Waals surface area contributed by atoms with E-state index in [1.165, 1.54) is 17.4 Å². The number of hydrogen-bond acceptors (Lipinski definition) is 3. The Bertz CT molecular complexity index is 734. The summed E-state index contributed by atoms with van der Waals surface area (Å²) in [5.74, 6) is 0.687. The summed E-state index contributed by atoms with van der Waals surface area (Å²) in [6.45, 7) is 3.77.